The summed E-state index contributed by atoms with van der Waals surface area (Å²) >= 11 is 0. The number of hydrogen-bond acceptors (Lipinski definition) is 4. The van der Waals surface area contributed by atoms with Gasteiger partial charge in [-0.3, -0.25) is 14.6 Å². The van der Waals surface area contributed by atoms with Crippen molar-refractivity contribution in [2.24, 2.45) is 5.92 Å². The number of halogens is 2. The monoisotopic (exact) mass is 419 g/mol. The molecule has 1 heterocycles. The number of ether oxygens (including phenoxy) is 1. The van der Waals surface area contributed by atoms with E-state index in [-0.39, 0.29) is 24.3 Å². The van der Waals surface area contributed by atoms with E-state index in [0.29, 0.717) is 30.0 Å². The first kappa shape index (κ1) is 23.3. The molecule has 0 bridgehead atoms. The third kappa shape index (κ3) is 7.09. The summed E-state index contributed by atoms with van der Waals surface area (Å²) in [6.07, 6.45) is -0.479. The van der Waals surface area contributed by atoms with Crippen LogP contribution in [-0.4, -0.2) is 36.4 Å². The highest BCUT2D eigenvalue weighted by atomic mass is 19.3. The van der Waals surface area contributed by atoms with Gasteiger partial charge in [-0.25, -0.2) is 8.78 Å². The summed E-state index contributed by atoms with van der Waals surface area (Å²) in [5.41, 5.74) is 2.73. The van der Waals surface area contributed by atoms with Gasteiger partial charge in [-0.1, -0.05) is 19.9 Å². The number of benzene rings is 1. The van der Waals surface area contributed by atoms with E-state index in [9.17, 15) is 18.4 Å². The van der Waals surface area contributed by atoms with Gasteiger partial charge in [-0.2, -0.15) is 0 Å². The van der Waals surface area contributed by atoms with Crippen molar-refractivity contribution in [2.75, 3.05) is 13.2 Å². The minimum atomic E-state index is -2.53. The second kappa shape index (κ2) is 11.2. The number of nitrogens with one attached hydrogen (secondary N) is 2. The minimum Gasteiger partial charge on any atom is -0.488 e. The van der Waals surface area contributed by atoms with E-state index < -0.39 is 13.0 Å². The van der Waals surface area contributed by atoms with Crippen LogP contribution in [-0.2, 0) is 17.8 Å². The van der Waals surface area contributed by atoms with Gasteiger partial charge in [0.05, 0.1) is 11.3 Å². The average Bonchev–Trinajstić information content (AvgIpc) is 2.71. The molecule has 0 aliphatic rings. The minimum absolute atomic E-state index is 0.0478. The smallest absolute Gasteiger partial charge is 0.272 e. The van der Waals surface area contributed by atoms with Crippen LogP contribution in [0.2, 0.25) is 0 Å². The molecule has 8 heteroatoms. The molecule has 2 aromatic rings. The van der Waals surface area contributed by atoms with Gasteiger partial charge in [-0.15, -0.1) is 0 Å². The SMILES string of the molecule is Cc1cc(OCC(F)F)ccc1CNC(=O)c1cccnc1CCNC(=O)C(C)C. The number of carbonyl (C=O) groups excluding carboxylic acids is 2. The number of carbonyl (C=O) groups is 2. The normalized spacial score (nSPS) is 10.9. The van der Waals surface area contributed by atoms with Crippen LogP contribution in [0.15, 0.2) is 36.5 Å². The second-order valence-electron chi connectivity index (χ2n) is 7.17. The molecule has 0 saturated carbocycles. The first-order valence-corrected chi connectivity index (χ1v) is 9.78. The van der Waals surface area contributed by atoms with E-state index in [1.54, 1.807) is 36.5 Å². The lowest BCUT2D eigenvalue weighted by Crippen LogP contribution is -2.30. The molecule has 2 rings (SSSR count). The lowest BCUT2D eigenvalue weighted by atomic mass is 10.1. The third-order valence-electron chi connectivity index (χ3n) is 4.45. The molecule has 6 nitrogen and oxygen atoms in total. The number of hydrogen-bond donors (Lipinski definition) is 2. The molecule has 0 fully saturated rings. The summed E-state index contributed by atoms with van der Waals surface area (Å²) in [5, 5.41) is 5.67. The van der Waals surface area contributed by atoms with Gasteiger partial charge in [0.2, 0.25) is 5.91 Å². The molecule has 0 saturated heterocycles. The van der Waals surface area contributed by atoms with E-state index in [1.165, 1.54) is 0 Å². The summed E-state index contributed by atoms with van der Waals surface area (Å²) in [5.74, 6) is -0.0631. The van der Waals surface area contributed by atoms with Crippen molar-refractivity contribution < 1.29 is 23.1 Å². The Kier molecular flexibility index (Phi) is 8.70. The topological polar surface area (TPSA) is 80.3 Å². The van der Waals surface area contributed by atoms with Crippen LogP contribution < -0.4 is 15.4 Å². The van der Waals surface area contributed by atoms with Gasteiger partial charge in [0.25, 0.3) is 12.3 Å². The van der Waals surface area contributed by atoms with Crippen molar-refractivity contribution in [3.8, 4) is 5.75 Å². The lowest BCUT2D eigenvalue weighted by molar-refractivity contribution is -0.123. The van der Waals surface area contributed by atoms with Crippen LogP contribution in [0.3, 0.4) is 0 Å². The van der Waals surface area contributed by atoms with Crippen LogP contribution in [0.1, 0.15) is 41.0 Å². The maximum atomic E-state index is 12.7. The van der Waals surface area contributed by atoms with Crippen LogP contribution >= 0.6 is 0 Å². The predicted molar refractivity (Wildman–Crippen MR) is 110 cm³/mol. The van der Waals surface area contributed by atoms with Crippen LogP contribution in [0.4, 0.5) is 8.78 Å². The summed E-state index contributed by atoms with van der Waals surface area (Å²) in [6, 6.07) is 8.38. The van der Waals surface area contributed by atoms with Gasteiger partial charge >= 0.3 is 0 Å². The highest BCUT2D eigenvalue weighted by Crippen LogP contribution is 2.18. The van der Waals surface area contributed by atoms with E-state index >= 15 is 0 Å². The largest absolute Gasteiger partial charge is 0.488 e. The van der Waals surface area contributed by atoms with Crippen molar-refractivity contribution in [1.29, 1.82) is 0 Å². The van der Waals surface area contributed by atoms with Gasteiger partial charge in [0.1, 0.15) is 12.4 Å². The Balaban J connectivity index is 1.96. The number of pyridine rings is 1. The molecule has 0 aliphatic carbocycles. The first-order chi connectivity index (χ1) is 14.3. The van der Waals surface area contributed by atoms with Crippen molar-refractivity contribution in [1.82, 2.24) is 15.6 Å². The summed E-state index contributed by atoms with van der Waals surface area (Å²) in [4.78, 5) is 28.6. The molecular weight excluding hydrogens is 392 g/mol. The van der Waals surface area contributed by atoms with E-state index in [1.807, 2.05) is 20.8 Å². The van der Waals surface area contributed by atoms with Crippen molar-refractivity contribution in [3.63, 3.8) is 0 Å². The van der Waals surface area contributed by atoms with Crippen LogP contribution in [0.5, 0.6) is 5.75 Å². The van der Waals surface area contributed by atoms with E-state index in [2.05, 4.69) is 15.6 Å². The number of aryl methyl sites for hydroxylation is 1. The van der Waals surface area contributed by atoms with Crippen molar-refractivity contribution in [3.05, 3.63) is 58.9 Å². The van der Waals surface area contributed by atoms with Gasteiger partial charge < -0.3 is 15.4 Å². The maximum Gasteiger partial charge on any atom is 0.272 e. The average molecular weight is 419 g/mol. The standard InChI is InChI=1S/C22H27F2N3O3/c1-14(2)21(28)26-10-8-19-18(5-4-9-25-19)22(29)27-12-16-6-7-17(11-15(16)3)30-13-20(23)24/h4-7,9,11,14,20H,8,10,12-13H2,1-3H3,(H,26,28)(H,27,29). The first-order valence-electron chi connectivity index (χ1n) is 9.78. The summed E-state index contributed by atoms with van der Waals surface area (Å²) in [6.45, 7) is 5.47. The van der Waals surface area contributed by atoms with Crippen molar-refractivity contribution >= 4 is 11.8 Å². The third-order valence-corrected chi connectivity index (χ3v) is 4.45. The molecule has 30 heavy (non-hydrogen) atoms. The van der Waals surface area contributed by atoms with Gasteiger partial charge in [0, 0.05) is 31.6 Å². The zero-order chi connectivity index (χ0) is 22.1. The number of aromatic nitrogens is 1. The van der Waals surface area contributed by atoms with Gasteiger partial charge in [0.15, 0.2) is 0 Å². The molecule has 2 amide bonds. The number of alkyl halides is 2. The van der Waals surface area contributed by atoms with Gasteiger partial charge in [-0.05, 0) is 42.3 Å². The second-order valence-corrected chi connectivity index (χ2v) is 7.17. The van der Waals surface area contributed by atoms with E-state index in [4.69, 9.17) is 4.74 Å². The molecule has 0 atom stereocenters. The molecule has 0 unspecified atom stereocenters. The molecule has 2 N–H and O–H groups in total. The molecule has 0 spiro atoms. The number of nitrogens with zero attached hydrogens (tertiary/aromatic N) is 1. The lowest BCUT2D eigenvalue weighted by Gasteiger charge is -2.13. The molecular formula is C22H27F2N3O3. The highest BCUT2D eigenvalue weighted by molar-refractivity contribution is 5.95. The Labute approximate surface area is 175 Å². The van der Waals surface area contributed by atoms with Crippen molar-refractivity contribution in [2.45, 2.75) is 40.2 Å². The molecule has 1 aromatic heterocycles. The zero-order valence-electron chi connectivity index (χ0n) is 17.4. The van der Waals surface area contributed by atoms with Crippen LogP contribution in [0.25, 0.3) is 0 Å². The Morgan fingerprint density at radius 3 is 2.60 bits per heavy atom. The predicted octanol–water partition coefficient (Wildman–Crippen LogP) is 3.28. The molecule has 162 valence electrons. The Hall–Kier alpha value is -3.03. The van der Waals surface area contributed by atoms with E-state index in [0.717, 1.165) is 11.1 Å². The Morgan fingerprint density at radius 2 is 1.93 bits per heavy atom. The summed E-state index contributed by atoms with van der Waals surface area (Å²) in [7, 11) is 0. The highest BCUT2D eigenvalue weighted by Gasteiger charge is 2.14. The molecule has 1 aromatic carbocycles. The number of amides is 2. The Bertz CT molecular complexity index is 872. The zero-order valence-corrected chi connectivity index (χ0v) is 17.4. The fourth-order valence-electron chi connectivity index (χ4n) is 2.74. The maximum absolute atomic E-state index is 12.7. The molecule has 0 aliphatic heterocycles. The fraction of sp³-hybridized carbons (Fsp3) is 0.409. The number of rotatable bonds is 10. The van der Waals surface area contributed by atoms with Crippen LogP contribution in [0, 0.1) is 12.8 Å². The molecule has 0 radical (unpaired) electrons. The fourth-order valence-corrected chi connectivity index (χ4v) is 2.74. The Morgan fingerprint density at radius 1 is 1.17 bits per heavy atom. The summed E-state index contributed by atoms with van der Waals surface area (Å²) < 4.78 is 29.5. The quantitative estimate of drug-likeness (QED) is 0.619.